The van der Waals surface area contributed by atoms with E-state index in [0.717, 1.165) is 5.69 Å². The maximum Gasteiger partial charge on any atom is 0.189 e. The maximum atomic E-state index is 5.77. The number of aromatic nitrogens is 2. The zero-order valence-electron chi connectivity index (χ0n) is 8.74. The summed E-state index contributed by atoms with van der Waals surface area (Å²) in [5.41, 5.74) is 6.75. The van der Waals surface area contributed by atoms with Gasteiger partial charge in [-0.3, -0.25) is 5.10 Å². The highest BCUT2D eigenvalue weighted by Crippen LogP contribution is 2.17. The molecule has 5 heteroatoms. The fourth-order valence-corrected chi connectivity index (χ4v) is 1.87. The number of hydrogen-bond acceptors (Lipinski definition) is 2. The standard InChI is InChI=1S/C10H17N5/c11-10(14-8-3-1-2-4-8)12-7-9-5-6-13-15-9/h5-6,8H,1-4,7H2,(H,13,15)(H3,11,12,14). The van der Waals surface area contributed by atoms with Gasteiger partial charge in [0.05, 0.1) is 12.2 Å². The predicted molar refractivity (Wildman–Crippen MR) is 59.3 cm³/mol. The first-order chi connectivity index (χ1) is 7.34. The Morgan fingerprint density at radius 2 is 2.40 bits per heavy atom. The number of aromatic amines is 1. The lowest BCUT2D eigenvalue weighted by Crippen LogP contribution is -2.38. The molecule has 1 saturated carbocycles. The minimum Gasteiger partial charge on any atom is -0.370 e. The second-order valence-corrected chi connectivity index (χ2v) is 3.91. The van der Waals surface area contributed by atoms with Crippen molar-refractivity contribution in [3.63, 3.8) is 0 Å². The normalized spacial score (nSPS) is 18.3. The van der Waals surface area contributed by atoms with E-state index in [4.69, 9.17) is 5.73 Å². The minimum absolute atomic E-state index is 0.524. The van der Waals surface area contributed by atoms with Crippen molar-refractivity contribution >= 4 is 5.96 Å². The van der Waals surface area contributed by atoms with Crippen LogP contribution in [0.25, 0.3) is 0 Å². The van der Waals surface area contributed by atoms with Gasteiger partial charge in [-0.05, 0) is 18.9 Å². The molecule has 1 aromatic rings. The van der Waals surface area contributed by atoms with E-state index in [0.29, 0.717) is 18.5 Å². The summed E-state index contributed by atoms with van der Waals surface area (Å²) < 4.78 is 0. The molecule has 82 valence electrons. The van der Waals surface area contributed by atoms with Crippen LogP contribution < -0.4 is 11.1 Å². The molecule has 1 aliphatic carbocycles. The van der Waals surface area contributed by atoms with Gasteiger partial charge >= 0.3 is 0 Å². The Morgan fingerprint density at radius 3 is 3.07 bits per heavy atom. The number of aliphatic imine (C=N–C) groups is 1. The highest BCUT2D eigenvalue weighted by atomic mass is 15.1. The van der Waals surface area contributed by atoms with Crippen LogP contribution in [0.15, 0.2) is 17.3 Å². The topological polar surface area (TPSA) is 79.1 Å². The molecular formula is C10H17N5. The van der Waals surface area contributed by atoms with E-state index in [1.165, 1.54) is 25.7 Å². The molecule has 1 fully saturated rings. The molecule has 0 spiro atoms. The summed E-state index contributed by atoms with van der Waals surface area (Å²) in [7, 11) is 0. The number of guanidine groups is 1. The summed E-state index contributed by atoms with van der Waals surface area (Å²) in [5.74, 6) is 0.538. The number of nitrogens with two attached hydrogens (primary N) is 1. The Kier molecular flexibility index (Phi) is 3.22. The van der Waals surface area contributed by atoms with Crippen LogP contribution in [0.3, 0.4) is 0 Å². The van der Waals surface area contributed by atoms with E-state index in [9.17, 15) is 0 Å². The molecule has 1 heterocycles. The molecule has 0 aromatic carbocycles. The van der Waals surface area contributed by atoms with Crippen molar-refractivity contribution in [3.8, 4) is 0 Å². The molecule has 1 aliphatic rings. The maximum absolute atomic E-state index is 5.77. The van der Waals surface area contributed by atoms with Crippen LogP contribution >= 0.6 is 0 Å². The lowest BCUT2D eigenvalue weighted by Gasteiger charge is -2.11. The molecule has 2 rings (SSSR count). The Morgan fingerprint density at radius 1 is 1.60 bits per heavy atom. The molecule has 0 aliphatic heterocycles. The van der Waals surface area contributed by atoms with Crippen LogP contribution in [0.5, 0.6) is 0 Å². The number of rotatable bonds is 3. The average molecular weight is 207 g/mol. The number of hydrogen-bond donors (Lipinski definition) is 3. The van der Waals surface area contributed by atoms with Gasteiger partial charge in [0.25, 0.3) is 0 Å². The monoisotopic (exact) mass is 207 g/mol. The van der Waals surface area contributed by atoms with E-state index in [1.807, 2.05) is 6.07 Å². The summed E-state index contributed by atoms with van der Waals surface area (Å²) in [6.07, 6.45) is 6.73. The van der Waals surface area contributed by atoms with E-state index in [-0.39, 0.29) is 0 Å². The largest absolute Gasteiger partial charge is 0.370 e. The third kappa shape index (κ3) is 2.97. The molecule has 15 heavy (non-hydrogen) atoms. The van der Waals surface area contributed by atoms with Crippen molar-refractivity contribution in [2.45, 2.75) is 38.3 Å². The second kappa shape index (κ2) is 4.82. The molecule has 0 radical (unpaired) electrons. The number of nitrogens with one attached hydrogen (secondary N) is 2. The highest BCUT2D eigenvalue weighted by molar-refractivity contribution is 5.78. The van der Waals surface area contributed by atoms with Crippen molar-refractivity contribution in [1.29, 1.82) is 0 Å². The summed E-state index contributed by atoms with van der Waals surface area (Å²) in [6, 6.07) is 2.42. The predicted octanol–water partition coefficient (Wildman–Crippen LogP) is 0.757. The van der Waals surface area contributed by atoms with E-state index >= 15 is 0 Å². The Balaban J connectivity index is 1.79. The quantitative estimate of drug-likeness (QED) is 0.505. The molecule has 0 amide bonds. The molecule has 0 saturated heterocycles. The van der Waals surface area contributed by atoms with Crippen LogP contribution in [0, 0.1) is 0 Å². The van der Waals surface area contributed by atoms with Crippen molar-refractivity contribution in [3.05, 3.63) is 18.0 Å². The Hall–Kier alpha value is -1.52. The van der Waals surface area contributed by atoms with Gasteiger partial charge in [-0.15, -0.1) is 0 Å². The van der Waals surface area contributed by atoms with Gasteiger partial charge in [0.15, 0.2) is 5.96 Å². The summed E-state index contributed by atoms with van der Waals surface area (Å²) >= 11 is 0. The third-order valence-electron chi connectivity index (χ3n) is 2.69. The smallest absolute Gasteiger partial charge is 0.189 e. The fraction of sp³-hybridized carbons (Fsp3) is 0.600. The van der Waals surface area contributed by atoms with E-state index in [1.54, 1.807) is 6.20 Å². The SMILES string of the molecule is NC(=NCc1ccn[nH]1)NC1CCCC1. The van der Waals surface area contributed by atoms with Crippen molar-refractivity contribution in [2.24, 2.45) is 10.7 Å². The lowest BCUT2D eigenvalue weighted by atomic mass is 10.2. The van der Waals surface area contributed by atoms with Crippen LogP contribution in [-0.4, -0.2) is 22.2 Å². The van der Waals surface area contributed by atoms with Gasteiger partial charge in [0.2, 0.25) is 0 Å². The van der Waals surface area contributed by atoms with Crippen molar-refractivity contribution < 1.29 is 0 Å². The van der Waals surface area contributed by atoms with E-state index < -0.39 is 0 Å². The molecule has 4 N–H and O–H groups in total. The van der Waals surface area contributed by atoms with Gasteiger partial charge in [0.1, 0.15) is 0 Å². The van der Waals surface area contributed by atoms with Crippen molar-refractivity contribution in [1.82, 2.24) is 15.5 Å². The fourth-order valence-electron chi connectivity index (χ4n) is 1.87. The zero-order valence-corrected chi connectivity index (χ0v) is 8.74. The number of nitrogens with zero attached hydrogens (tertiary/aromatic N) is 2. The molecule has 1 aromatic heterocycles. The van der Waals surface area contributed by atoms with Crippen LogP contribution in [-0.2, 0) is 6.54 Å². The Labute approximate surface area is 89.2 Å². The first kappa shape index (κ1) is 10.0. The van der Waals surface area contributed by atoms with Crippen LogP contribution in [0.1, 0.15) is 31.4 Å². The van der Waals surface area contributed by atoms with Gasteiger partial charge in [-0.2, -0.15) is 5.10 Å². The number of H-pyrrole nitrogens is 1. The summed E-state index contributed by atoms with van der Waals surface area (Å²) in [5, 5.41) is 9.93. The minimum atomic E-state index is 0.524. The Bertz CT molecular complexity index is 311. The van der Waals surface area contributed by atoms with Crippen LogP contribution in [0.2, 0.25) is 0 Å². The highest BCUT2D eigenvalue weighted by Gasteiger charge is 2.14. The molecule has 5 nitrogen and oxygen atoms in total. The molecule has 0 bridgehead atoms. The first-order valence-corrected chi connectivity index (χ1v) is 5.39. The van der Waals surface area contributed by atoms with Crippen LogP contribution in [0.4, 0.5) is 0 Å². The first-order valence-electron chi connectivity index (χ1n) is 5.39. The molecule has 0 atom stereocenters. The van der Waals surface area contributed by atoms with Gasteiger partial charge < -0.3 is 11.1 Å². The van der Waals surface area contributed by atoms with Crippen molar-refractivity contribution in [2.75, 3.05) is 0 Å². The zero-order chi connectivity index (χ0) is 10.5. The second-order valence-electron chi connectivity index (χ2n) is 3.91. The summed E-state index contributed by atoms with van der Waals surface area (Å²) in [4.78, 5) is 4.24. The lowest BCUT2D eigenvalue weighted by molar-refractivity contribution is 0.625. The van der Waals surface area contributed by atoms with Gasteiger partial charge in [0, 0.05) is 12.2 Å². The molecule has 0 unspecified atom stereocenters. The third-order valence-corrected chi connectivity index (χ3v) is 2.69. The van der Waals surface area contributed by atoms with Gasteiger partial charge in [-0.1, -0.05) is 12.8 Å². The van der Waals surface area contributed by atoms with E-state index in [2.05, 4.69) is 20.5 Å². The molecular weight excluding hydrogens is 190 g/mol. The van der Waals surface area contributed by atoms with Gasteiger partial charge in [-0.25, -0.2) is 4.99 Å². The summed E-state index contributed by atoms with van der Waals surface area (Å²) in [6.45, 7) is 0.561. The average Bonchev–Trinajstić information content (AvgIpc) is 2.86.